The lowest BCUT2D eigenvalue weighted by Gasteiger charge is -2.12. The van der Waals surface area contributed by atoms with E-state index in [1.165, 1.54) is 6.07 Å². The first-order valence-electron chi connectivity index (χ1n) is 8.56. The van der Waals surface area contributed by atoms with Gasteiger partial charge in [0.1, 0.15) is 11.6 Å². The summed E-state index contributed by atoms with van der Waals surface area (Å²) in [5.74, 6) is 0.853. The third-order valence-corrected chi connectivity index (χ3v) is 3.96. The number of phenols is 1. The molecule has 0 fully saturated rings. The van der Waals surface area contributed by atoms with Crippen LogP contribution in [0.1, 0.15) is 29.2 Å². The van der Waals surface area contributed by atoms with E-state index in [-0.39, 0.29) is 5.82 Å². The standard InChI is InChI=1S/C20H26FN3O/c1-4-22-20(23-10-9-17-7-5-6-8-18(17)21)24-13-16-11-14(2)19(25)15(3)12-16/h5-8,11-12,25H,4,9-10,13H2,1-3H3,(H2,22,23,24). The highest BCUT2D eigenvalue weighted by atomic mass is 19.1. The maximum atomic E-state index is 13.6. The molecule has 2 aromatic carbocycles. The molecule has 2 rings (SSSR count). The van der Waals surface area contributed by atoms with Crippen molar-refractivity contribution < 1.29 is 9.50 Å². The summed E-state index contributed by atoms with van der Waals surface area (Å²) in [6.07, 6.45) is 0.592. The van der Waals surface area contributed by atoms with Gasteiger partial charge in [0.15, 0.2) is 5.96 Å². The van der Waals surface area contributed by atoms with Crippen molar-refractivity contribution in [1.29, 1.82) is 0 Å². The van der Waals surface area contributed by atoms with Gasteiger partial charge < -0.3 is 15.7 Å². The van der Waals surface area contributed by atoms with Crippen molar-refractivity contribution in [3.05, 3.63) is 64.5 Å². The topological polar surface area (TPSA) is 56.7 Å². The highest BCUT2D eigenvalue weighted by Gasteiger charge is 2.05. The summed E-state index contributed by atoms with van der Waals surface area (Å²) >= 11 is 0. The number of nitrogens with zero attached hydrogens (tertiary/aromatic N) is 1. The highest BCUT2D eigenvalue weighted by Crippen LogP contribution is 2.23. The molecular weight excluding hydrogens is 317 g/mol. The van der Waals surface area contributed by atoms with E-state index < -0.39 is 0 Å². The summed E-state index contributed by atoms with van der Waals surface area (Å²) in [7, 11) is 0. The van der Waals surface area contributed by atoms with Gasteiger partial charge in [0.05, 0.1) is 6.54 Å². The smallest absolute Gasteiger partial charge is 0.191 e. The van der Waals surface area contributed by atoms with E-state index in [2.05, 4.69) is 15.6 Å². The fourth-order valence-electron chi connectivity index (χ4n) is 2.67. The molecule has 134 valence electrons. The number of nitrogens with one attached hydrogen (secondary N) is 2. The van der Waals surface area contributed by atoms with Crippen LogP contribution in [0.15, 0.2) is 41.4 Å². The van der Waals surface area contributed by atoms with E-state index in [1.807, 2.05) is 39.0 Å². The molecule has 0 saturated carbocycles. The van der Waals surface area contributed by atoms with Crippen LogP contribution >= 0.6 is 0 Å². The SMILES string of the molecule is CCNC(=NCc1cc(C)c(O)c(C)c1)NCCc1ccccc1F. The van der Waals surface area contributed by atoms with E-state index in [1.54, 1.807) is 12.1 Å². The number of rotatable bonds is 6. The van der Waals surface area contributed by atoms with E-state index in [9.17, 15) is 9.50 Å². The fraction of sp³-hybridized carbons (Fsp3) is 0.350. The summed E-state index contributed by atoms with van der Waals surface area (Å²) in [6, 6.07) is 10.7. The van der Waals surface area contributed by atoms with Gasteiger partial charge in [-0.15, -0.1) is 0 Å². The van der Waals surface area contributed by atoms with Crippen LogP contribution in [-0.2, 0) is 13.0 Å². The predicted octanol–water partition coefficient (Wildman–Crippen LogP) is 3.45. The molecule has 0 saturated heterocycles. The number of guanidine groups is 1. The van der Waals surface area contributed by atoms with Crippen LogP contribution < -0.4 is 10.6 Å². The number of halogens is 1. The van der Waals surface area contributed by atoms with Crippen molar-refractivity contribution in [2.24, 2.45) is 4.99 Å². The maximum Gasteiger partial charge on any atom is 0.191 e. The zero-order chi connectivity index (χ0) is 18.2. The van der Waals surface area contributed by atoms with Gasteiger partial charge in [-0.2, -0.15) is 0 Å². The molecule has 5 heteroatoms. The van der Waals surface area contributed by atoms with Crippen molar-refractivity contribution in [1.82, 2.24) is 10.6 Å². The molecule has 4 nitrogen and oxygen atoms in total. The van der Waals surface area contributed by atoms with Crippen molar-refractivity contribution in [3.8, 4) is 5.75 Å². The van der Waals surface area contributed by atoms with Gasteiger partial charge in [0.25, 0.3) is 0 Å². The van der Waals surface area contributed by atoms with Gasteiger partial charge >= 0.3 is 0 Å². The Morgan fingerprint density at radius 2 is 1.80 bits per heavy atom. The van der Waals surface area contributed by atoms with Crippen LogP contribution in [0, 0.1) is 19.7 Å². The zero-order valence-corrected chi connectivity index (χ0v) is 15.1. The average molecular weight is 343 g/mol. The van der Waals surface area contributed by atoms with Crippen LogP contribution in [0.5, 0.6) is 5.75 Å². The molecule has 0 aliphatic heterocycles. The van der Waals surface area contributed by atoms with Crippen LogP contribution in [0.4, 0.5) is 4.39 Å². The third-order valence-electron chi connectivity index (χ3n) is 3.96. The van der Waals surface area contributed by atoms with Crippen LogP contribution in [-0.4, -0.2) is 24.2 Å². The first-order chi connectivity index (χ1) is 12.0. The lowest BCUT2D eigenvalue weighted by Crippen LogP contribution is -2.38. The zero-order valence-electron chi connectivity index (χ0n) is 15.1. The molecular formula is C20H26FN3O. The fourth-order valence-corrected chi connectivity index (χ4v) is 2.67. The molecule has 0 aliphatic rings. The van der Waals surface area contributed by atoms with Crippen molar-refractivity contribution in [3.63, 3.8) is 0 Å². The van der Waals surface area contributed by atoms with Crippen molar-refractivity contribution in [2.75, 3.05) is 13.1 Å². The van der Waals surface area contributed by atoms with Crippen molar-refractivity contribution >= 4 is 5.96 Å². The Hall–Kier alpha value is -2.56. The second-order valence-corrected chi connectivity index (χ2v) is 6.04. The monoisotopic (exact) mass is 343 g/mol. The molecule has 2 aromatic rings. The molecule has 0 aliphatic carbocycles. The number of hydrogen-bond donors (Lipinski definition) is 3. The van der Waals surface area contributed by atoms with Gasteiger partial charge in [0, 0.05) is 13.1 Å². The normalized spacial score (nSPS) is 11.4. The second kappa shape index (κ2) is 9.06. The Kier molecular flexibility index (Phi) is 6.81. The largest absolute Gasteiger partial charge is 0.507 e. The Balaban J connectivity index is 1.97. The van der Waals surface area contributed by atoms with Gasteiger partial charge in [-0.1, -0.05) is 30.3 Å². The summed E-state index contributed by atoms with van der Waals surface area (Å²) in [5.41, 5.74) is 3.43. The Bertz CT molecular complexity index is 720. The number of aryl methyl sites for hydroxylation is 2. The number of phenolic OH excluding ortho intramolecular Hbond substituents is 1. The van der Waals surface area contributed by atoms with Gasteiger partial charge in [-0.3, -0.25) is 0 Å². The van der Waals surface area contributed by atoms with E-state index >= 15 is 0 Å². The van der Waals surface area contributed by atoms with Gasteiger partial charge in [-0.05, 0) is 55.5 Å². The quantitative estimate of drug-likeness (QED) is 0.556. The predicted molar refractivity (Wildman–Crippen MR) is 101 cm³/mol. The summed E-state index contributed by atoms with van der Waals surface area (Å²) in [4.78, 5) is 4.57. The van der Waals surface area contributed by atoms with E-state index in [0.29, 0.717) is 36.8 Å². The summed E-state index contributed by atoms with van der Waals surface area (Å²) < 4.78 is 13.6. The second-order valence-electron chi connectivity index (χ2n) is 6.04. The van der Waals surface area contributed by atoms with E-state index in [4.69, 9.17) is 0 Å². The minimum absolute atomic E-state index is 0.179. The molecule has 0 atom stereocenters. The van der Waals surface area contributed by atoms with E-state index in [0.717, 1.165) is 23.2 Å². The Morgan fingerprint density at radius 3 is 2.44 bits per heavy atom. The first-order valence-corrected chi connectivity index (χ1v) is 8.56. The molecule has 0 bridgehead atoms. The number of hydrogen-bond acceptors (Lipinski definition) is 2. The van der Waals surface area contributed by atoms with Crippen LogP contribution in [0.2, 0.25) is 0 Å². The number of aliphatic imine (C=N–C) groups is 1. The Labute approximate surface area is 148 Å². The molecule has 25 heavy (non-hydrogen) atoms. The molecule has 3 N–H and O–H groups in total. The van der Waals surface area contributed by atoms with Crippen molar-refractivity contribution in [2.45, 2.75) is 33.7 Å². The molecule has 0 aromatic heterocycles. The summed E-state index contributed by atoms with van der Waals surface area (Å²) in [6.45, 7) is 7.63. The van der Waals surface area contributed by atoms with Crippen LogP contribution in [0.25, 0.3) is 0 Å². The molecule has 0 heterocycles. The average Bonchev–Trinajstić information content (AvgIpc) is 2.59. The minimum atomic E-state index is -0.179. The first kappa shape index (κ1) is 18.8. The lowest BCUT2D eigenvalue weighted by molar-refractivity contribution is 0.466. The molecule has 0 unspecified atom stereocenters. The number of benzene rings is 2. The highest BCUT2D eigenvalue weighted by molar-refractivity contribution is 5.79. The molecule has 0 spiro atoms. The van der Waals surface area contributed by atoms with Crippen LogP contribution in [0.3, 0.4) is 0 Å². The summed E-state index contributed by atoms with van der Waals surface area (Å²) in [5, 5.41) is 16.3. The lowest BCUT2D eigenvalue weighted by atomic mass is 10.1. The third kappa shape index (κ3) is 5.48. The van der Waals surface area contributed by atoms with Gasteiger partial charge in [-0.25, -0.2) is 9.38 Å². The molecule has 0 amide bonds. The maximum absolute atomic E-state index is 13.6. The molecule has 0 radical (unpaired) electrons. The Morgan fingerprint density at radius 1 is 1.12 bits per heavy atom. The van der Waals surface area contributed by atoms with Gasteiger partial charge in [0.2, 0.25) is 0 Å². The minimum Gasteiger partial charge on any atom is -0.507 e. The number of aromatic hydroxyl groups is 1.